The van der Waals surface area contributed by atoms with Gasteiger partial charge in [0.25, 0.3) is 5.91 Å². The van der Waals surface area contributed by atoms with Crippen molar-refractivity contribution in [3.8, 4) is 28.8 Å². The highest BCUT2D eigenvalue weighted by atomic mass is 19.1. The summed E-state index contributed by atoms with van der Waals surface area (Å²) < 4.78 is 25.4. The molecule has 1 aromatic heterocycles. The van der Waals surface area contributed by atoms with Crippen LogP contribution in [0.25, 0.3) is 11.3 Å². The third-order valence-electron chi connectivity index (χ3n) is 6.02. The van der Waals surface area contributed by atoms with Crippen LogP contribution in [0.5, 0.6) is 11.5 Å². The van der Waals surface area contributed by atoms with Crippen LogP contribution in [0.4, 0.5) is 16.0 Å². The van der Waals surface area contributed by atoms with Crippen LogP contribution in [-0.4, -0.2) is 64.3 Å². The molecule has 0 spiro atoms. The number of likely N-dealkylation sites (tertiary alicyclic amines) is 1. The number of aliphatic hydroxyl groups is 1. The normalized spacial score (nSPS) is 14.4. The Labute approximate surface area is 219 Å². The van der Waals surface area contributed by atoms with Crippen LogP contribution in [-0.2, 0) is 4.79 Å². The second-order valence-corrected chi connectivity index (χ2v) is 8.81. The highest BCUT2D eigenvalue weighted by molar-refractivity contribution is 5.80. The average molecular weight is 521 g/mol. The Morgan fingerprint density at radius 2 is 2.05 bits per heavy atom. The number of piperidine rings is 1. The van der Waals surface area contributed by atoms with Crippen LogP contribution in [0.2, 0.25) is 0 Å². The van der Waals surface area contributed by atoms with Gasteiger partial charge in [0.15, 0.2) is 11.6 Å². The molecule has 1 aliphatic heterocycles. The van der Waals surface area contributed by atoms with E-state index in [1.54, 1.807) is 35.4 Å². The number of ether oxygens (including phenoxy) is 2. The van der Waals surface area contributed by atoms with Crippen LogP contribution < -0.4 is 20.5 Å². The number of aromatic nitrogens is 2. The van der Waals surface area contributed by atoms with E-state index in [-0.39, 0.29) is 36.9 Å². The van der Waals surface area contributed by atoms with E-state index < -0.39 is 11.9 Å². The van der Waals surface area contributed by atoms with Gasteiger partial charge in [0.05, 0.1) is 11.3 Å². The Hall–Kier alpha value is -4.27. The summed E-state index contributed by atoms with van der Waals surface area (Å²) in [5, 5.41) is 22.3. The van der Waals surface area contributed by atoms with Gasteiger partial charge < -0.3 is 30.5 Å². The molecule has 198 valence electrons. The summed E-state index contributed by atoms with van der Waals surface area (Å²) in [6, 6.07) is 13.5. The molecular formula is C27H29FN6O4. The van der Waals surface area contributed by atoms with E-state index in [0.717, 1.165) is 0 Å². The van der Waals surface area contributed by atoms with Gasteiger partial charge in [-0.05, 0) is 43.3 Å². The molecule has 0 radical (unpaired) electrons. The first-order valence-electron chi connectivity index (χ1n) is 12.3. The summed E-state index contributed by atoms with van der Waals surface area (Å²) in [6.45, 7) is 2.89. The highest BCUT2D eigenvalue weighted by Gasteiger charge is 2.26. The van der Waals surface area contributed by atoms with E-state index in [2.05, 4.69) is 21.4 Å². The average Bonchev–Trinajstić information content (AvgIpc) is 2.93. The number of anilines is 2. The second-order valence-electron chi connectivity index (χ2n) is 8.81. The van der Waals surface area contributed by atoms with Crippen molar-refractivity contribution in [1.82, 2.24) is 14.9 Å². The number of benzene rings is 2. The zero-order chi connectivity index (χ0) is 27.1. The van der Waals surface area contributed by atoms with Crippen LogP contribution in [0.15, 0.2) is 48.7 Å². The largest absolute Gasteiger partial charge is 0.489 e. The van der Waals surface area contributed by atoms with Gasteiger partial charge in [-0.3, -0.25) is 4.79 Å². The second kappa shape index (κ2) is 12.3. The lowest BCUT2D eigenvalue weighted by Gasteiger charge is -2.33. The summed E-state index contributed by atoms with van der Waals surface area (Å²) in [7, 11) is 0. The Bertz CT molecular complexity index is 1320. The summed E-state index contributed by atoms with van der Waals surface area (Å²) in [5.41, 5.74) is 7.61. The van der Waals surface area contributed by atoms with Gasteiger partial charge in [-0.25, -0.2) is 14.4 Å². The van der Waals surface area contributed by atoms with Gasteiger partial charge in [0.2, 0.25) is 5.95 Å². The quantitative estimate of drug-likeness (QED) is 0.387. The summed E-state index contributed by atoms with van der Waals surface area (Å²) in [6.07, 6.45) is 1.63. The molecule has 38 heavy (non-hydrogen) atoms. The molecule has 1 amide bonds. The fraction of sp³-hybridized carbons (Fsp3) is 0.333. The predicted molar refractivity (Wildman–Crippen MR) is 138 cm³/mol. The smallest absolute Gasteiger partial charge is 0.251 e. The van der Waals surface area contributed by atoms with Gasteiger partial charge in [0.1, 0.15) is 30.6 Å². The number of nitrogens with one attached hydrogen (secondary N) is 1. The Balaban J connectivity index is 1.45. The van der Waals surface area contributed by atoms with Crippen molar-refractivity contribution >= 4 is 17.5 Å². The first-order chi connectivity index (χ1) is 18.4. The van der Waals surface area contributed by atoms with Gasteiger partial charge in [-0.1, -0.05) is 0 Å². The van der Waals surface area contributed by atoms with Crippen LogP contribution >= 0.6 is 0 Å². The number of nitrogens with zero attached hydrogens (tertiary/aromatic N) is 4. The van der Waals surface area contributed by atoms with E-state index in [4.69, 9.17) is 15.2 Å². The molecule has 4 rings (SSSR count). The Morgan fingerprint density at radius 1 is 1.26 bits per heavy atom. The number of amides is 1. The predicted octanol–water partition coefficient (Wildman–Crippen LogP) is 2.99. The molecule has 1 fully saturated rings. The van der Waals surface area contributed by atoms with Crippen molar-refractivity contribution in [2.75, 3.05) is 31.6 Å². The molecule has 1 aliphatic rings. The number of rotatable bonds is 9. The zero-order valence-corrected chi connectivity index (χ0v) is 20.9. The number of nitrogens with two attached hydrogens (primary N) is 1. The molecule has 3 aromatic rings. The summed E-state index contributed by atoms with van der Waals surface area (Å²) in [4.78, 5) is 22.4. The Morgan fingerprint density at radius 3 is 2.76 bits per heavy atom. The number of hydrogen-bond donors (Lipinski definition) is 3. The standard InChI is InChI=1S/C27H29FN6O4/c1-17(35)26(36)34-11-7-21(8-12-34)38-24-5-2-18(14-19(24)16-30)23-6-10-31-27(33-23)32-20-3-4-22(28)25(15-20)37-13-9-29/h2-6,10,14-15,17,21,35H,7-9,11-13,29H2,1H3,(H,31,32,33)/t17-/m0/s1. The minimum absolute atomic E-state index is 0.0751. The number of carbonyl (C=O) groups is 1. The fourth-order valence-electron chi connectivity index (χ4n) is 4.09. The van der Waals surface area contributed by atoms with Crippen molar-refractivity contribution < 1.29 is 23.8 Å². The topological polar surface area (TPSA) is 147 Å². The molecule has 10 nitrogen and oxygen atoms in total. The third kappa shape index (κ3) is 6.53. The summed E-state index contributed by atoms with van der Waals surface area (Å²) in [5.74, 6) is 0.0374. The first-order valence-corrected chi connectivity index (χ1v) is 12.3. The zero-order valence-electron chi connectivity index (χ0n) is 20.9. The number of halogens is 1. The number of nitriles is 1. The molecule has 0 saturated carbocycles. The molecule has 0 aliphatic carbocycles. The van der Waals surface area contributed by atoms with Gasteiger partial charge >= 0.3 is 0 Å². The van der Waals surface area contributed by atoms with E-state index in [0.29, 0.717) is 54.2 Å². The SMILES string of the molecule is C[C@H](O)C(=O)N1CCC(Oc2ccc(-c3ccnc(Nc4ccc(F)c(OCCN)c4)n3)cc2C#N)CC1. The third-order valence-corrected chi connectivity index (χ3v) is 6.02. The van der Waals surface area contributed by atoms with Crippen molar-refractivity contribution in [2.24, 2.45) is 5.73 Å². The monoisotopic (exact) mass is 520 g/mol. The van der Waals surface area contributed by atoms with Gasteiger partial charge in [0, 0.05) is 56.0 Å². The maximum absolute atomic E-state index is 14.0. The molecule has 1 atom stereocenters. The molecule has 1 saturated heterocycles. The maximum atomic E-state index is 14.0. The van der Waals surface area contributed by atoms with E-state index in [1.807, 2.05) is 6.07 Å². The number of hydrogen-bond acceptors (Lipinski definition) is 9. The van der Waals surface area contributed by atoms with Crippen molar-refractivity contribution in [1.29, 1.82) is 5.26 Å². The first kappa shape index (κ1) is 26.8. The molecule has 0 bridgehead atoms. The fourth-order valence-corrected chi connectivity index (χ4v) is 4.09. The molecule has 0 unspecified atom stereocenters. The van der Waals surface area contributed by atoms with E-state index >= 15 is 0 Å². The molecule has 11 heteroatoms. The molecule has 2 aromatic carbocycles. The maximum Gasteiger partial charge on any atom is 0.251 e. The van der Waals surface area contributed by atoms with Crippen LogP contribution in [0, 0.1) is 17.1 Å². The van der Waals surface area contributed by atoms with Crippen LogP contribution in [0.3, 0.4) is 0 Å². The lowest BCUT2D eigenvalue weighted by Crippen LogP contribution is -2.45. The van der Waals surface area contributed by atoms with Gasteiger partial charge in [-0.2, -0.15) is 5.26 Å². The van der Waals surface area contributed by atoms with Crippen molar-refractivity contribution in [2.45, 2.75) is 32.0 Å². The van der Waals surface area contributed by atoms with Crippen molar-refractivity contribution in [3.05, 3.63) is 60.0 Å². The minimum Gasteiger partial charge on any atom is -0.489 e. The number of aliphatic hydroxyl groups excluding tert-OH is 1. The highest BCUT2D eigenvalue weighted by Crippen LogP contribution is 2.29. The van der Waals surface area contributed by atoms with E-state index in [9.17, 15) is 19.6 Å². The van der Waals surface area contributed by atoms with Crippen LogP contribution in [0.1, 0.15) is 25.3 Å². The molecule has 2 heterocycles. The molecular weight excluding hydrogens is 491 g/mol. The lowest BCUT2D eigenvalue weighted by molar-refractivity contribution is -0.141. The molecule has 4 N–H and O–H groups in total. The van der Waals surface area contributed by atoms with E-state index in [1.165, 1.54) is 19.1 Å². The summed E-state index contributed by atoms with van der Waals surface area (Å²) >= 11 is 0. The Kier molecular flexibility index (Phi) is 8.68. The number of carbonyl (C=O) groups excluding carboxylic acids is 1. The van der Waals surface area contributed by atoms with Crippen molar-refractivity contribution in [3.63, 3.8) is 0 Å². The van der Waals surface area contributed by atoms with Gasteiger partial charge in [-0.15, -0.1) is 0 Å². The lowest BCUT2D eigenvalue weighted by atomic mass is 10.1. The minimum atomic E-state index is -1.02.